The highest BCUT2D eigenvalue weighted by Crippen LogP contribution is 2.26. The third-order valence-corrected chi connectivity index (χ3v) is 3.23. The maximum atomic E-state index is 5.50. The highest BCUT2D eigenvalue weighted by atomic mass is 16.5. The summed E-state index contributed by atoms with van der Waals surface area (Å²) in [5.41, 5.74) is 2.74. The Morgan fingerprint density at radius 3 is 3.19 bits per heavy atom. The molecule has 1 N–H and O–H groups in total. The van der Waals surface area contributed by atoms with Crippen molar-refractivity contribution in [1.29, 1.82) is 0 Å². The Hall–Kier alpha value is -1.06. The molecule has 1 unspecified atom stereocenters. The molecule has 1 aromatic rings. The molecule has 16 heavy (non-hydrogen) atoms. The van der Waals surface area contributed by atoms with E-state index in [-0.39, 0.29) is 0 Å². The fraction of sp³-hybridized carbons (Fsp3) is 0.538. The second kappa shape index (κ2) is 4.44. The van der Waals surface area contributed by atoms with Crippen LogP contribution >= 0.6 is 0 Å². The van der Waals surface area contributed by atoms with Crippen LogP contribution in [0, 0.1) is 0 Å². The number of ether oxygens (including phenoxy) is 2. The van der Waals surface area contributed by atoms with Gasteiger partial charge in [0.2, 0.25) is 0 Å². The Morgan fingerprint density at radius 2 is 2.31 bits per heavy atom. The molecule has 0 saturated carbocycles. The number of hydrogen-bond acceptors (Lipinski definition) is 3. The Morgan fingerprint density at radius 1 is 1.31 bits per heavy atom. The van der Waals surface area contributed by atoms with Gasteiger partial charge in [-0.3, -0.25) is 0 Å². The quantitative estimate of drug-likeness (QED) is 0.809. The molecule has 0 aromatic heterocycles. The zero-order chi connectivity index (χ0) is 10.8. The number of nitrogens with one attached hydrogen (secondary N) is 1. The molecule has 2 aliphatic heterocycles. The zero-order valence-corrected chi connectivity index (χ0v) is 9.37. The number of fused-ring (bicyclic) bond motifs is 1. The molecule has 0 radical (unpaired) electrons. The van der Waals surface area contributed by atoms with Crippen molar-refractivity contribution in [3.8, 4) is 5.75 Å². The Kier molecular flexibility index (Phi) is 2.80. The minimum absolute atomic E-state index is 0.467. The van der Waals surface area contributed by atoms with Crippen LogP contribution in [0.4, 0.5) is 0 Å². The number of rotatable bonds is 2. The summed E-state index contributed by atoms with van der Waals surface area (Å²) in [6, 6.07) is 7.01. The maximum Gasteiger partial charge on any atom is 0.122 e. The predicted molar refractivity (Wildman–Crippen MR) is 62.0 cm³/mol. The van der Waals surface area contributed by atoms with Crippen LogP contribution in [-0.4, -0.2) is 32.4 Å². The van der Waals surface area contributed by atoms with Crippen LogP contribution in [0.25, 0.3) is 0 Å². The molecule has 1 aromatic carbocycles. The highest BCUT2D eigenvalue weighted by Gasteiger charge is 2.16. The van der Waals surface area contributed by atoms with Crippen LogP contribution in [-0.2, 0) is 17.6 Å². The highest BCUT2D eigenvalue weighted by molar-refractivity contribution is 5.40. The van der Waals surface area contributed by atoms with Gasteiger partial charge < -0.3 is 14.8 Å². The molecular weight excluding hydrogens is 202 g/mol. The molecule has 3 rings (SSSR count). The van der Waals surface area contributed by atoms with Gasteiger partial charge in [-0.15, -0.1) is 0 Å². The van der Waals surface area contributed by atoms with Crippen LogP contribution in [0.5, 0.6) is 5.75 Å². The van der Waals surface area contributed by atoms with Crippen molar-refractivity contribution in [2.45, 2.75) is 18.9 Å². The monoisotopic (exact) mass is 219 g/mol. The lowest BCUT2D eigenvalue weighted by molar-refractivity contribution is 0.0770. The summed E-state index contributed by atoms with van der Waals surface area (Å²) in [4.78, 5) is 0. The standard InChI is InChI=1S/C13H17NO2/c1-2-13-11(3-5-16-13)7-10(1)8-12-9-15-6-4-14-12/h1-2,7,12,14H,3-6,8-9H2. The van der Waals surface area contributed by atoms with Crippen molar-refractivity contribution in [1.82, 2.24) is 5.32 Å². The maximum absolute atomic E-state index is 5.50. The number of benzene rings is 1. The molecule has 3 heteroatoms. The normalized spacial score (nSPS) is 23.9. The Bertz CT molecular complexity index is 372. The fourth-order valence-corrected chi connectivity index (χ4v) is 2.40. The van der Waals surface area contributed by atoms with Gasteiger partial charge in [-0.2, -0.15) is 0 Å². The Labute approximate surface area is 95.8 Å². The van der Waals surface area contributed by atoms with Crippen molar-refractivity contribution in [3.05, 3.63) is 29.3 Å². The van der Waals surface area contributed by atoms with Crippen molar-refractivity contribution in [2.75, 3.05) is 26.4 Å². The average Bonchev–Trinajstić information content (AvgIpc) is 2.77. The summed E-state index contributed by atoms with van der Waals surface area (Å²) < 4.78 is 11.0. The lowest BCUT2D eigenvalue weighted by Gasteiger charge is -2.23. The van der Waals surface area contributed by atoms with Gasteiger partial charge in [0.1, 0.15) is 5.75 Å². The van der Waals surface area contributed by atoms with Crippen LogP contribution in [0.2, 0.25) is 0 Å². The molecule has 2 heterocycles. The minimum atomic E-state index is 0.467. The van der Waals surface area contributed by atoms with E-state index in [0.717, 1.165) is 45.0 Å². The molecule has 0 bridgehead atoms. The van der Waals surface area contributed by atoms with Gasteiger partial charge >= 0.3 is 0 Å². The van der Waals surface area contributed by atoms with Crippen LogP contribution in [0.15, 0.2) is 18.2 Å². The van der Waals surface area contributed by atoms with Crippen molar-refractivity contribution < 1.29 is 9.47 Å². The summed E-state index contributed by atoms with van der Waals surface area (Å²) >= 11 is 0. The summed E-state index contributed by atoms with van der Waals surface area (Å²) in [6.07, 6.45) is 2.10. The van der Waals surface area contributed by atoms with E-state index in [4.69, 9.17) is 9.47 Å². The minimum Gasteiger partial charge on any atom is -0.493 e. The van der Waals surface area contributed by atoms with Crippen molar-refractivity contribution >= 4 is 0 Å². The largest absolute Gasteiger partial charge is 0.493 e. The molecule has 1 atom stereocenters. The smallest absolute Gasteiger partial charge is 0.122 e. The molecule has 0 amide bonds. The van der Waals surface area contributed by atoms with Crippen LogP contribution in [0.3, 0.4) is 0 Å². The topological polar surface area (TPSA) is 30.5 Å². The molecule has 2 aliphatic rings. The molecular formula is C13H17NO2. The first-order valence-corrected chi connectivity index (χ1v) is 5.97. The van der Waals surface area contributed by atoms with E-state index in [1.807, 2.05) is 0 Å². The summed E-state index contributed by atoms with van der Waals surface area (Å²) in [5.74, 6) is 1.07. The van der Waals surface area contributed by atoms with Gasteiger partial charge in [0.05, 0.1) is 19.8 Å². The van der Waals surface area contributed by atoms with E-state index < -0.39 is 0 Å². The van der Waals surface area contributed by atoms with E-state index in [0.29, 0.717) is 6.04 Å². The predicted octanol–water partition coefficient (Wildman–Crippen LogP) is 1.15. The van der Waals surface area contributed by atoms with E-state index in [2.05, 4.69) is 23.5 Å². The molecule has 3 nitrogen and oxygen atoms in total. The molecule has 1 fully saturated rings. The van der Waals surface area contributed by atoms with E-state index in [1.54, 1.807) is 0 Å². The third kappa shape index (κ3) is 2.06. The second-order valence-corrected chi connectivity index (χ2v) is 4.47. The van der Waals surface area contributed by atoms with E-state index in [9.17, 15) is 0 Å². The summed E-state index contributed by atoms with van der Waals surface area (Å²) in [5, 5.41) is 3.48. The van der Waals surface area contributed by atoms with Gasteiger partial charge in [0.15, 0.2) is 0 Å². The molecule has 0 aliphatic carbocycles. The number of hydrogen-bond donors (Lipinski definition) is 1. The Balaban J connectivity index is 1.69. The third-order valence-electron chi connectivity index (χ3n) is 3.23. The van der Waals surface area contributed by atoms with Crippen molar-refractivity contribution in [3.63, 3.8) is 0 Å². The van der Waals surface area contributed by atoms with Crippen LogP contribution < -0.4 is 10.1 Å². The number of morpholine rings is 1. The SMILES string of the molecule is c1cc2c(cc1CC1COCCN1)CCO2. The molecule has 0 spiro atoms. The first-order valence-electron chi connectivity index (χ1n) is 5.97. The van der Waals surface area contributed by atoms with Gasteiger partial charge in [-0.05, 0) is 23.6 Å². The summed E-state index contributed by atoms with van der Waals surface area (Å²) in [6.45, 7) is 3.48. The van der Waals surface area contributed by atoms with E-state index in [1.165, 1.54) is 11.1 Å². The molecule has 86 valence electrons. The average molecular weight is 219 g/mol. The fourth-order valence-electron chi connectivity index (χ4n) is 2.40. The van der Waals surface area contributed by atoms with Gasteiger partial charge in [-0.25, -0.2) is 0 Å². The van der Waals surface area contributed by atoms with Gasteiger partial charge in [0.25, 0.3) is 0 Å². The van der Waals surface area contributed by atoms with Crippen molar-refractivity contribution in [2.24, 2.45) is 0 Å². The first kappa shape index (κ1) is 10.1. The van der Waals surface area contributed by atoms with Gasteiger partial charge in [-0.1, -0.05) is 12.1 Å². The lowest BCUT2D eigenvalue weighted by atomic mass is 10.0. The summed E-state index contributed by atoms with van der Waals surface area (Å²) in [7, 11) is 0. The molecule has 1 saturated heterocycles. The van der Waals surface area contributed by atoms with E-state index >= 15 is 0 Å². The van der Waals surface area contributed by atoms with Crippen LogP contribution in [0.1, 0.15) is 11.1 Å². The lowest BCUT2D eigenvalue weighted by Crippen LogP contribution is -2.42. The first-order chi connectivity index (χ1) is 7.92. The second-order valence-electron chi connectivity index (χ2n) is 4.47. The van der Waals surface area contributed by atoms with Gasteiger partial charge in [0, 0.05) is 19.0 Å². The zero-order valence-electron chi connectivity index (χ0n) is 9.37.